The lowest BCUT2D eigenvalue weighted by Gasteiger charge is -2.27. The molecule has 1 saturated carbocycles. The van der Waals surface area contributed by atoms with Crippen LogP contribution in [-0.2, 0) is 12.0 Å². The molecule has 1 fully saturated rings. The van der Waals surface area contributed by atoms with Gasteiger partial charge < -0.3 is 14.8 Å². The van der Waals surface area contributed by atoms with Crippen molar-refractivity contribution in [2.45, 2.75) is 37.6 Å². The summed E-state index contributed by atoms with van der Waals surface area (Å²) in [6.07, 6.45) is 9.38. The van der Waals surface area contributed by atoms with Gasteiger partial charge in [-0.05, 0) is 25.0 Å². The van der Waals surface area contributed by atoms with Gasteiger partial charge in [-0.1, -0.05) is 18.0 Å². The topological polar surface area (TPSA) is 69.9 Å². The minimum absolute atomic E-state index is 0.111. The highest BCUT2D eigenvalue weighted by atomic mass is 16.5. The molecular formula is C13H18N4O. The molecule has 0 aliphatic heterocycles. The molecule has 0 aromatic carbocycles. The highest BCUT2D eigenvalue weighted by Crippen LogP contribution is 2.40. The van der Waals surface area contributed by atoms with Gasteiger partial charge in [-0.3, -0.25) is 0 Å². The zero-order chi connectivity index (χ0) is 12.4. The van der Waals surface area contributed by atoms with E-state index in [1.54, 1.807) is 0 Å². The zero-order valence-electron chi connectivity index (χ0n) is 10.4. The molecule has 18 heavy (non-hydrogen) atoms. The van der Waals surface area contributed by atoms with Gasteiger partial charge in [-0.15, -0.1) is 0 Å². The number of aromatic nitrogens is 3. The molecule has 2 N–H and O–H groups in total. The van der Waals surface area contributed by atoms with Crippen molar-refractivity contribution >= 4 is 0 Å². The zero-order valence-corrected chi connectivity index (χ0v) is 10.4. The second-order valence-electron chi connectivity index (χ2n) is 4.88. The van der Waals surface area contributed by atoms with Gasteiger partial charge in [0.2, 0.25) is 5.89 Å². The quantitative estimate of drug-likeness (QED) is 0.891. The number of hydrogen-bond acceptors (Lipinski definition) is 4. The first-order chi connectivity index (χ1) is 8.85. The van der Waals surface area contributed by atoms with E-state index in [0.29, 0.717) is 18.9 Å². The van der Waals surface area contributed by atoms with Crippen LogP contribution in [0.25, 0.3) is 0 Å². The molecule has 0 spiro atoms. The lowest BCUT2D eigenvalue weighted by Crippen LogP contribution is -2.32. The summed E-state index contributed by atoms with van der Waals surface area (Å²) >= 11 is 0. The summed E-state index contributed by atoms with van der Waals surface area (Å²) in [7, 11) is 0. The Morgan fingerprint density at radius 2 is 2.00 bits per heavy atom. The van der Waals surface area contributed by atoms with E-state index in [0.717, 1.165) is 18.7 Å². The molecule has 0 amide bonds. The Morgan fingerprint density at radius 3 is 2.67 bits per heavy atom. The molecule has 2 aromatic heterocycles. The third kappa shape index (κ3) is 1.75. The maximum Gasteiger partial charge on any atom is 0.228 e. The van der Waals surface area contributed by atoms with E-state index in [4.69, 9.17) is 10.3 Å². The Hall–Kier alpha value is -1.62. The lowest BCUT2D eigenvalue weighted by atomic mass is 9.96. The fourth-order valence-electron chi connectivity index (χ4n) is 2.85. The van der Waals surface area contributed by atoms with Gasteiger partial charge in [0, 0.05) is 25.4 Å². The average Bonchev–Trinajstić information content (AvgIpc) is 3.11. The largest absolute Gasteiger partial charge is 0.341 e. The molecule has 96 valence electrons. The van der Waals surface area contributed by atoms with E-state index in [9.17, 15) is 0 Å². The normalized spacial score (nSPS) is 18.3. The highest BCUT2D eigenvalue weighted by molar-refractivity contribution is 5.13. The molecule has 2 aromatic rings. The predicted molar refractivity (Wildman–Crippen MR) is 67.0 cm³/mol. The van der Waals surface area contributed by atoms with Crippen LogP contribution in [0.15, 0.2) is 29.0 Å². The van der Waals surface area contributed by atoms with Crippen LogP contribution in [0.4, 0.5) is 0 Å². The van der Waals surface area contributed by atoms with Crippen molar-refractivity contribution in [2.75, 3.05) is 6.54 Å². The van der Waals surface area contributed by atoms with Crippen molar-refractivity contribution < 1.29 is 4.52 Å². The van der Waals surface area contributed by atoms with Gasteiger partial charge in [0.15, 0.2) is 5.82 Å². The SMILES string of the molecule is NCCc1nc(C2(n3cccc3)CCCC2)no1. The summed E-state index contributed by atoms with van der Waals surface area (Å²) in [5.74, 6) is 1.45. The van der Waals surface area contributed by atoms with Gasteiger partial charge in [0.05, 0.1) is 0 Å². The first kappa shape index (κ1) is 11.5. The summed E-state index contributed by atoms with van der Waals surface area (Å²) in [5, 5.41) is 4.18. The van der Waals surface area contributed by atoms with E-state index < -0.39 is 0 Å². The smallest absolute Gasteiger partial charge is 0.228 e. The molecule has 0 radical (unpaired) electrons. The first-order valence-corrected chi connectivity index (χ1v) is 6.52. The number of nitrogens with zero attached hydrogens (tertiary/aromatic N) is 3. The van der Waals surface area contributed by atoms with Crippen molar-refractivity contribution in [2.24, 2.45) is 5.73 Å². The Morgan fingerprint density at radius 1 is 1.28 bits per heavy atom. The molecule has 0 atom stereocenters. The summed E-state index contributed by atoms with van der Waals surface area (Å²) in [6.45, 7) is 0.540. The van der Waals surface area contributed by atoms with E-state index >= 15 is 0 Å². The molecule has 5 nitrogen and oxygen atoms in total. The summed E-state index contributed by atoms with van der Waals surface area (Å²) in [5.41, 5.74) is 5.41. The monoisotopic (exact) mass is 246 g/mol. The number of rotatable bonds is 4. The predicted octanol–water partition coefficient (Wildman–Crippen LogP) is 1.69. The number of nitrogens with two attached hydrogens (primary N) is 1. The lowest BCUT2D eigenvalue weighted by molar-refractivity contribution is 0.313. The second-order valence-corrected chi connectivity index (χ2v) is 4.88. The van der Waals surface area contributed by atoms with Crippen LogP contribution in [-0.4, -0.2) is 21.3 Å². The van der Waals surface area contributed by atoms with Gasteiger partial charge in [-0.25, -0.2) is 0 Å². The van der Waals surface area contributed by atoms with Crippen LogP contribution >= 0.6 is 0 Å². The maximum atomic E-state index is 5.52. The summed E-state index contributed by atoms with van der Waals surface area (Å²) in [4.78, 5) is 4.53. The van der Waals surface area contributed by atoms with Crippen molar-refractivity contribution in [1.29, 1.82) is 0 Å². The van der Waals surface area contributed by atoms with E-state index in [1.807, 2.05) is 12.1 Å². The Balaban J connectivity index is 1.98. The fraction of sp³-hybridized carbons (Fsp3) is 0.538. The molecular weight excluding hydrogens is 228 g/mol. The highest BCUT2D eigenvalue weighted by Gasteiger charge is 2.41. The van der Waals surface area contributed by atoms with Crippen molar-refractivity contribution in [3.05, 3.63) is 36.2 Å². The van der Waals surface area contributed by atoms with Gasteiger partial charge in [-0.2, -0.15) is 4.98 Å². The van der Waals surface area contributed by atoms with Crippen LogP contribution in [0.5, 0.6) is 0 Å². The van der Waals surface area contributed by atoms with Crippen LogP contribution in [0.1, 0.15) is 37.4 Å². The van der Waals surface area contributed by atoms with Gasteiger partial charge >= 0.3 is 0 Å². The van der Waals surface area contributed by atoms with Crippen LogP contribution in [0.2, 0.25) is 0 Å². The maximum absolute atomic E-state index is 5.52. The van der Waals surface area contributed by atoms with E-state index in [-0.39, 0.29) is 5.54 Å². The Bertz CT molecular complexity index is 497. The summed E-state index contributed by atoms with van der Waals surface area (Å²) in [6, 6.07) is 4.09. The summed E-state index contributed by atoms with van der Waals surface area (Å²) < 4.78 is 7.51. The minimum atomic E-state index is -0.111. The first-order valence-electron chi connectivity index (χ1n) is 6.52. The average molecular weight is 246 g/mol. The van der Waals surface area contributed by atoms with Crippen LogP contribution in [0.3, 0.4) is 0 Å². The van der Waals surface area contributed by atoms with Gasteiger partial charge in [0.1, 0.15) is 5.54 Å². The number of hydrogen-bond donors (Lipinski definition) is 1. The third-order valence-corrected chi connectivity index (χ3v) is 3.77. The van der Waals surface area contributed by atoms with Crippen LogP contribution in [0, 0.1) is 0 Å². The van der Waals surface area contributed by atoms with Crippen molar-refractivity contribution in [1.82, 2.24) is 14.7 Å². The van der Waals surface area contributed by atoms with Crippen molar-refractivity contribution in [3.63, 3.8) is 0 Å². The molecule has 0 unspecified atom stereocenters. The Kier molecular flexibility index (Phi) is 2.91. The van der Waals surface area contributed by atoms with Crippen molar-refractivity contribution in [3.8, 4) is 0 Å². The molecule has 1 aliphatic carbocycles. The molecule has 2 heterocycles. The Labute approximate surface area is 106 Å². The van der Waals surface area contributed by atoms with Gasteiger partial charge in [0.25, 0.3) is 0 Å². The molecule has 5 heteroatoms. The molecule has 0 bridgehead atoms. The van der Waals surface area contributed by atoms with Crippen LogP contribution < -0.4 is 5.73 Å². The van der Waals surface area contributed by atoms with E-state index in [1.165, 1.54) is 12.8 Å². The van der Waals surface area contributed by atoms with E-state index in [2.05, 4.69) is 27.1 Å². The standard InChI is InChI=1S/C13H18N4O/c14-8-5-11-15-12(16-18-11)13(6-1-2-7-13)17-9-3-4-10-17/h3-4,9-10H,1-2,5-8,14H2. The molecule has 1 aliphatic rings. The molecule has 0 saturated heterocycles. The molecule has 3 rings (SSSR count). The fourth-order valence-corrected chi connectivity index (χ4v) is 2.85. The second kappa shape index (κ2) is 4.57. The minimum Gasteiger partial charge on any atom is -0.341 e. The third-order valence-electron chi connectivity index (χ3n) is 3.77.